The van der Waals surface area contributed by atoms with Crippen molar-refractivity contribution in [3.05, 3.63) is 17.5 Å². The summed E-state index contributed by atoms with van der Waals surface area (Å²) in [7, 11) is 0. The van der Waals surface area contributed by atoms with E-state index in [4.69, 9.17) is 0 Å². The molecular formula is C9H12N2. The Morgan fingerprint density at radius 1 is 1.55 bits per heavy atom. The Morgan fingerprint density at radius 2 is 2.18 bits per heavy atom. The molecule has 1 aromatic heterocycles. The zero-order valence-electron chi connectivity index (χ0n) is 6.96. The molecule has 0 amide bonds. The van der Waals surface area contributed by atoms with Gasteiger partial charge >= 0.3 is 0 Å². The van der Waals surface area contributed by atoms with Crippen LogP contribution in [0.4, 0.5) is 0 Å². The van der Waals surface area contributed by atoms with Crippen molar-refractivity contribution in [2.45, 2.75) is 32.2 Å². The predicted molar refractivity (Wildman–Crippen MR) is 42.4 cm³/mol. The normalized spacial score (nSPS) is 38.5. The zero-order chi connectivity index (χ0) is 7.64. The maximum atomic E-state index is 4.41. The molecule has 0 atom stereocenters. The van der Waals surface area contributed by atoms with Crippen LogP contribution < -0.4 is 0 Å². The highest BCUT2D eigenvalue weighted by Crippen LogP contribution is 2.72. The van der Waals surface area contributed by atoms with Gasteiger partial charge < -0.3 is 0 Å². The topological polar surface area (TPSA) is 17.8 Å². The van der Waals surface area contributed by atoms with Crippen LogP contribution in [0.3, 0.4) is 0 Å². The highest BCUT2D eigenvalue weighted by molar-refractivity contribution is 5.28. The van der Waals surface area contributed by atoms with Crippen molar-refractivity contribution in [1.29, 1.82) is 0 Å². The van der Waals surface area contributed by atoms with E-state index in [0.29, 0.717) is 5.54 Å². The maximum absolute atomic E-state index is 4.41. The van der Waals surface area contributed by atoms with Crippen molar-refractivity contribution in [1.82, 2.24) is 9.78 Å². The Morgan fingerprint density at radius 3 is 2.55 bits per heavy atom. The minimum atomic E-state index is 0.526. The van der Waals surface area contributed by atoms with E-state index in [1.165, 1.54) is 24.1 Å². The van der Waals surface area contributed by atoms with Crippen LogP contribution in [0.5, 0.6) is 0 Å². The molecule has 0 radical (unpaired) electrons. The Balaban J connectivity index is 2.13. The third-order valence-electron chi connectivity index (χ3n) is 3.32. The summed E-state index contributed by atoms with van der Waals surface area (Å²) in [5, 5.41) is 4.41. The van der Waals surface area contributed by atoms with Gasteiger partial charge in [-0.1, -0.05) is 0 Å². The fourth-order valence-electron chi connectivity index (χ4n) is 1.96. The molecule has 2 fully saturated rings. The number of rotatable bonds is 1. The zero-order valence-corrected chi connectivity index (χ0v) is 6.96. The predicted octanol–water partition coefficient (Wildman–Crippen LogP) is 1.62. The number of aryl methyl sites for hydroxylation is 1. The average Bonchev–Trinajstić information content (AvgIpc) is 2.72. The lowest BCUT2D eigenvalue weighted by atomic mass is 10.3. The van der Waals surface area contributed by atoms with Gasteiger partial charge in [-0.05, 0) is 38.2 Å². The smallest absolute Gasteiger partial charge is 0.0667 e. The molecule has 0 N–H and O–H groups in total. The number of aromatic nitrogens is 2. The summed E-state index contributed by atoms with van der Waals surface area (Å²) in [4.78, 5) is 0. The first-order valence-corrected chi connectivity index (χ1v) is 4.26. The van der Waals surface area contributed by atoms with E-state index < -0.39 is 0 Å². The van der Waals surface area contributed by atoms with Crippen molar-refractivity contribution in [2.75, 3.05) is 0 Å². The second-order valence-corrected chi connectivity index (χ2v) is 4.03. The van der Waals surface area contributed by atoms with Gasteiger partial charge in [0.15, 0.2) is 0 Å². The molecule has 2 nitrogen and oxygen atoms in total. The lowest BCUT2D eigenvalue weighted by Gasteiger charge is -2.06. The molecule has 2 saturated carbocycles. The molecule has 11 heavy (non-hydrogen) atoms. The van der Waals surface area contributed by atoms with E-state index >= 15 is 0 Å². The molecule has 0 unspecified atom stereocenters. The Hall–Kier alpha value is -0.790. The van der Waals surface area contributed by atoms with Crippen molar-refractivity contribution in [3.63, 3.8) is 0 Å². The van der Waals surface area contributed by atoms with Crippen LogP contribution in [-0.2, 0) is 5.54 Å². The lowest BCUT2D eigenvalue weighted by Crippen LogP contribution is -2.10. The number of nitrogens with zero attached hydrogens (tertiary/aromatic N) is 2. The summed E-state index contributed by atoms with van der Waals surface area (Å²) in [5.41, 5.74) is 3.22. The molecule has 58 valence electrons. The van der Waals surface area contributed by atoms with E-state index in [0.717, 1.165) is 5.92 Å². The maximum Gasteiger partial charge on any atom is 0.0667 e. The van der Waals surface area contributed by atoms with Gasteiger partial charge in [-0.3, -0.25) is 4.68 Å². The molecule has 0 bridgehead atoms. The summed E-state index contributed by atoms with van der Waals surface area (Å²) in [6.07, 6.45) is 4.75. The molecular weight excluding hydrogens is 136 g/mol. The number of fused-ring (bicyclic) bond motifs is 1. The van der Waals surface area contributed by atoms with Gasteiger partial charge in [0.05, 0.1) is 11.7 Å². The Kier molecular flexibility index (Phi) is 0.729. The molecule has 2 aliphatic carbocycles. The van der Waals surface area contributed by atoms with Crippen LogP contribution in [0, 0.1) is 19.8 Å². The second kappa shape index (κ2) is 1.38. The Bertz CT molecular complexity index is 318. The third-order valence-corrected chi connectivity index (χ3v) is 3.32. The fraction of sp³-hybridized carbons (Fsp3) is 0.667. The molecule has 0 spiro atoms. The number of hydrogen-bond acceptors (Lipinski definition) is 1. The molecule has 3 rings (SSSR count). The molecule has 1 heterocycles. The van der Waals surface area contributed by atoms with E-state index in [1.54, 1.807) is 0 Å². The van der Waals surface area contributed by atoms with Gasteiger partial charge in [-0.2, -0.15) is 5.10 Å². The van der Waals surface area contributed by atoms with E-state index in [1.807, 2.05) is 6.20 Å². The SMILES string of the molecule is Cc1cnn(C23CC2C3)c1C. The minimum absolute atomic E-state index is 0.526. The molecule has 0 saturated heterocycles. The van der Waals surface area contributed by atoms with Crippen molar-refractivity contribution < 1.29 is 0 Å². The van der Waals surface area contributed by atoms with Gasteiger partial charge in [0.25, 0.3) is 0 Å². The molecule has 2 aliphatic rings. The average molecular weight is 148 g/mol. The monoisotopic (exact) mass is 148 g/mol. The highest BCUT2D eigenvalue weighted by atomic mass is 15.4. The quantitative estimate of drug-likeness (QED) is 0.591. The van der Waals surface area contributed by atoms with Crippen LogP contribution >= 0.6 is 0 Å². The van der Waals surface area contributed by atoms with E-state index in [2.05, 4.69) is 23.6 Å². The van der Waals surface area contributed by atoms with Gasteiger partial charge in [-0.25, -0.2) is 0 Å². The summed E-state index contributed by atoms with van der Waals surface area (Å²) < 4.78 is 2.24. The second-order valence-electron chi connectivity index (χ2n) is 4.03. The van der Waals surface area contributed by atoms with E-state index in [-0.39, 0.29) is 0 Å². The highest BCUT2D eigenvalue weighted by Gasteiger charge is 2.72. The molecule has 0 aromatic carbocycles. The van der Waals surface area contributed by atoms with Gasteiger partial charge in [0, 0.05) is 5.69 Å². The first-order valence-electron chi connectivity index (χ1n) is 4.26. The van der Waals surface area contributed by atoms with Crippen molar-refractivity contribution in [3.8, 4) is 0 Å². The van der Waals surface area contributed by atoms with Crippen LogP contribution in [0.2, 0.25) is 0 Å². The van der Waals surface area contributed by atoms with Crippen LogP contribution in [-0.4, -0.2) is 9.78 Å². The third kappa shape index (κ3) is 0.525. The van der Waals surface area contributed by atoms with Gasteiger partial charge in [-0.15, -0.1) is 0 Å². The fourth-order valence-corrected chi connectivity index (χ4v) is 1.96. The summed E-state index contributed by atoms with van der Waals surface area (Å²) >= 11 is 0. The summed E-state index contributed by atoms with van der Waals surface area (Å²) in [5.74, 6) is 0.987. The molecule has 1 aromatic rings. The van der Waals surface area contributed by atoms with Crippen LogP contribution in [0.15, 0.2) is 6.20 Å². The van der Waals surface area contributed by atoms with Gasteiger partial charge in [0.2, 0.25) is 0 Å². The molecule has 0 aliphatic heterocycles. The van der Waals surface area contributed by atoms with Crippen molar-refractivity contribution >= 4 is 0 Å². The first kappa shape index (κ1) is 5.81. The largest absolute Gasteiger partial charge is 0.263 e. The standard InChI is InChI=1S/C9H12N2/c1-6-5-10-11(7(6)2)9-3-8(9)4-9/h5,8H,3-4H2,1-2H3. The number of hydrogen-bond donors (Lipinski definition) is 0. The minimum Gasteiger partial charge on any atom is -0.263 e. The lowest BCUT2D eigenvalue weighted by molar-refractivity contribution is 0.517. The Labute approximate surface area is 66.2 Å². The summed E-state index contributed by atoms with van der Waals surface area (Å²) in [6, 6.07) is 0. The van der Waals surface area contributed by atoms with Crippen LogP contribution in [0.25, 0.3) is 0 Å². The first-order chi connectivity index (χ1) is 5.24. The van der Waals surface area contributed by atoms with Crippen LogP contribution in [0.1, 0.15) is 24.1 Å². The van der Waals surface area contributed by atoms with Gasteiger partial charge in [0.1, 0.15) is 0 Å². The molecule has 2 heteroatoms. The van der Waals surface area contributed by atoms with Crippen molar-refractivity contribution in [2.24, 2.45) is 5.92 Å². The van der Waals surface area contributed by atoms with E-state index in [9.17, 15) is 0 Å². The summed E-state index contributed by atoms with van der Waals surface area (Å²) in [6.45, 7) is 4.31.